The van der Waals surface area contributed by atoms with E-state index in [-0.39, 0.29) is 5.91 Å². The number of aliphatic carboxylic acids is 1. The molecule has 17 heavy (non-hydrogen) atoms. The molecule has 0 radical (unpaired) electrons. The van der Waals surface area contributed by atoms with Crippen LogP contribution in [0.25, 0.3) is 0 Å². The number of nitrogens with two attached hydrogens (primary N) is 1. The Hall–Kier alpha value is -1.10. The summed E-state index contributed by atoms with van der Waals surface area (Å²) in [5.41, 5.74) is 5.37. The van der Waals surface area contributed by atoms with Crippen molar-refractivity contribution >= 4 is 11.9 Å². The fourth-order valence-corrected chi connectivity index (χ4v) is 1.74. The third kappa shape index (κ3) is 6.26. The van der Waals surface area contributed by atoms with Crippen LogP contribution >= 0.6 is 0 Å². The average Bonchev–Trinajstić information content (AvgIpc) is 2.28. The second-order valence-corrected chi connectivity index (χ2v) is 4.22. The molecule has 1 atom stereocenters. The molecule has 1 unspecified atom stereocenters. The van der Waals surface area contributed by atoms with Crippen molar-refractivity contribution in [3.05, 3.63) is 0 Å². The van der Waals surface area contributed by atoms with Crippen molar-refractivity contribution in [3.8, 4) is 0 Å². The smallest absolute Gasteiger partial charge is 0.326 e. The van der Waals surface area contributed by atoms with Gasteiger partial charge in [0.1, 0.15) is 6.04 Å². The molecule has 100 valence electrons. The Kier molecular flexibility index (Phi) is 8.40. The standard InChI is InChI=1S/C12H24N2O3/c1-3-10(12(16)17)14(2)11(15)8-6-4-5-7-9-13/h10H,3-9,13H2,1-2H3,(H,16,17). The van der Waals surface area contributed by atoms with E-state index < -0.39 is 12.0 Å². The van der Waals surface area contributed by atoms with Crippen LogP contribution in [-0.4, -0.2) is 41.5 Å². The molecule has 0 heterocycles. The van der Waals surface area contributed by atoms with Crippen LogP contribution < -0.4 is 5.73 Å². The van der Waals surface area contributed by atoms with Crippen LogP contribution in [0.4, 0.5) is 0 Å². The number of carboxylic acids is 1. The third-order valence-corrected chi connectivity index (χ3v) is 2.88. The van der Waals surface area contributed by atoms with Gasteiger partial charge in [-0.15, -0.1) is 0 Å². The Morgan fingerprint density at radius 1 is 1.24 bits per heavy atom. The minimum Gasteiger partial charge on any atom is -0.480 e. The van der Waals surface area contributed by atoms with E-state index in [0.29, 0.717) is 19.4 Å². The van der Waals surface area contributed by atoms with E-state index in [1.54, 1.807) is 14.0 Å². The molecule has 5 nitrogen and oxygen atoms in total. The van der Waals surface area contributed by atoms with Gasteiger partial charge in [-0.2, -0.15) is 0 Å². The molecule has 3 N–H and O–H groups in total. The fraction of sp³-hybridized carbons (Fsp3) is 0.833. The number of unbranched alkanes of at least 4 members (excludes halogenated alkanes) is 3. The molecule has 0 aliphatic carbocycles. The zero-order valence-electron chi connectivity index (χ0n) is 10.8. The van der Waals surface area contributed by atoms with Crippen LogP contribution in [0.5, 0.6) is 0 Å². The van der Waals surface area contributed by atoms with E-state index in [1.165, 1.54) is 4.90 Å². The Bertz CT molecular complexity index is 244. The average molecular weight is 244 g/mol. The van der Waals surface area contributed by atoms with E-state index in [4.69, 9.17) is 10.8 Å². The SMILES string of the molecule is CCC(C(=O)O)N(C)C(=O)CCCCCCN. The lowest BCUT2D eigenvalue weighted by Gasteiger charge is -2.23. The van der Waals surface area contributed by atoms with Gasteiger partial charge in [-0.1, -0.05) is 19.8 Å². The summed E-state index contributed by atoms with van der Waals surface area (Å²) < 4.78 is 0. The minimum atomic E-state index is -0.938. The Labute approximate surface area is 103 Å². The van der Waals surface area contributed by atoms with Crippen LogP contribution in [0.3, 0.4) is 0 Å². The van der Waals surface area contributed by atoms with Gasteiger partial charge in [0.2, 0.25) is 5.91 Å². The van der Waals surface area contributed by atoms with Crippen LogP contribution in [0, 0.1) is 0 Å². The first kappa shape index (κ1) is 15.9. The molecule has 0 saturated carbocycles. The maximum Gasteiger partial charge on any atom is 0.326 e. The van der Waals surface area contributed by atoms with Gasteiger partial charge in [-0.3, -0.25) is 4.79 Å². The van der Waals surface area contributed by atoms with Crippen molar-refractivity contribution in [2.24, 2.45) is 5.73 Å². The summed E-state index contributed by atoms with van der Waals surface area (Å²) >= 11 is 0. The largest absolute Gasteiger partial charge is 0.480 e. The predicted octanol–water partition coefficient (Wildman–Crippen LogP) is 1.22. The van der Waals surface area contributed by atoms with E-state index in [9.17, 15) is 9.59 Å². The van der Waals surface area contributed by atoms with Crippen LogP contribution in [0.15, 0.2) is 0 Å². The van der Waals surface area contributed by atoms with Crippen molar-refractivity contribution in [1.82, 2.24) is 4.90 Å². The summed E-state index contributed by atoms with van der Waals surface area (Å²) in [6.45, 7) is 2.45. The number of carbonyl (C=O) groups is 2. The first-order valence-electron chi connectivity index (χ1n) is 6.23. The predicted molar refractivity (Wildman–Crippen MR) is 66.6 cm³/mol. The van der Waals surface area contributed by atoms with Gasteiger partial charge in [0.15, 0.2) is 0 Å². The van der Waals surface area contributed by atoms with Crippen molar-refractivity contribution in [1.29, 1.82) is 0 Å². The zero-order chi connectivity index (χ0) is 13.3. The molecule has 0 spiro atoms. The number of carbonyl (C=O) groups excluding carboxylic acids is 1. The lowest BCUT2D eigenvalue weighted by molar-refractivity contribution is -0.149. The van der Waals surface area contributed by atoms with Gasteiger partial charge in [0.25, 0.3) is 0 Å². The van der Waals surface area contributed by atoms with Crippen LogP contribution in [0.2, 0.25) is 0 Å². The fourth-order valence-electron chi connectivity index (χ4n) is 1.74. The lowest BCUT2D eigenvalue weighted by atomic mass is 10.1. The summed E-state index contributed by atoms with van der Waals surface area (Å²) in [5.74, 6) is -1.03. The van der Waals surface area contributed by atoms with E-state index in [0.717, 1.165) is 25.7 Å². The number of rotatable bonds is 9. The summed E-state index contributed by atoms with van der Waals surface area (Å²) in [7, 11) is 1.56. The Morgan fingerprint density at radius 2 is 1.82 bits per heavy atom. The number of hydrogen-bond acceptors (Lipinski definition) is 3. The number of nitrogens with zero attached hydrogens (tertiary/aromatic N) is 1. The minimum absolute atomic E-state index is 0.0907. The van der Waals surface area contributed by atoms with E-state index >= 15 is 0 Å². The van der Waals surface area contributed by atoms with Crippen molar-refractivity contribution in [3.63, 3.8) is 0 Å². The number of hydrogen-bond donors (Lipinski definition) is 2. The molecule has 0 aromatic heterocycles. The van der Waals surface area contributed by atoms with Gasteiger partial charge in [-0.25, -0.2) is 4.79 Å². The van der Waals surface area contributed by atoms with Crippen molar-refractivity contribution in [2.75, 3.05) is 13.6 Å². The molecular weight excluding hydrogens is 220 g/mol. The highest BCUT2D eigenvalue weighted by molar-refractivity contribution is 5.83. The monoisotopic (exact) mass is 244 g/mol. The van der Waals surface area contributed by atoms with Gasteiger partial charge in [0, 0.05) is 13.5 Å². The third-order valence-electron chi connectivity index (χ3n) is 2.88. The molecule has 0 aromatic carbocycles. The first-order chi connectivity index (χ1) is 8.04. The first-order valence-corrected chi connectivity index (χ1v) is 6.23. The van der Waals surface area contributed by atoms with E-state index in [1.807, 2.05) is 0 Å². The highest BCUT2D eigenvalue weighted by atomic mass is 16.4. The van der Waals surface area contributed by atoms with Gasteiger partial charge in [-0.05, 0) is 25.8 Å². The highest BCUT2D eigenvalue weighted by Gasteiger charge is 2.23. The molecule has 1 amide bonds. The van der Waals surface area contributed by atoms with Gasteiger partial charge < -0.3 is 15.7 Å². The van der Waals surface area contributed by atoms with Crippen molar-refractivity contribution in [2.45, 2.75) is 51.5 Å². The second kappa shape index (κ2) is 8.98. The van der Waals surface area contributed by atoms with Crippen molar-refractivity contribution < 1.29 is 14.7 Å². The molecular formula is C12H24N2O3. The molecule has 5 heteroatoms. The quantitative estimate of drug-likeness (QED) is 0.597. The summed E-state index contributed by atoms with van der Waals surface area (Å²) in [6.07, 6.45) is 4.65. The summed E-state index contributed by atoms with van der Waals surface area (Å²) in [4.78, 5) is 23.9. The van der Waals surface area contributed by atoms with E-state index in [2.05, 4.69) is 0 Å². The highest BCUT2D eigenvalue weighted by Crippen LogP contribution is 2.08. The molecule has 0 aromatic rings. The zero-order valence-corrected chi connectivity index (χ0v) is 10.8. The Balaban J connectivity index is 3.92. The number of likely N-dealkylation sites (N-methyl/N-ethyl adjacent to an activating group) is 1. The topological polar surface area (TPSA) is 83.6 Å². The maximum atomic E-state index is 11.7. The molecule has 0 fully saturated rings. The molecule has 0 rings (SSSR count). The molecule has 0 aliphatic heterocycles. The number of amides is 1. The number of carboxylic acid groups (broad SMARTS) is 1. The van der Waals surface area contributed by atoms with Gasteiger partial charge in [0.05, 0.1) is 0 Å². The maximum absolute atomic E-state index is 11.7. The van der Waals surface area contributed by atoms with Gasteiger partial charge >= 0.3 is 5.97 Å². The van der Waals surface area contributed by atoms with Crippen LogP contribution in [0.1, 0.15) is 45.4 Å². The lowest BCUT2D eigenvalue weighted by Crippen LogP contribution is -2.41. The Morgan fingerprint density at radius 3 is 2.29 bits per heavy atom. The molecule has 0 aliphatic rings. The normalized spacial score (nSPS) is 12.2. The second-order valence-electron chi connectivity index (χ2n) is 4.22. The van der Waals surface area contributed by atoms with Crippen LogP contribution in [-0.2, 0) is 9.59 Å². The summed E-state index contributed by atoms with van der Waals surface area (Å²) in [6, 6.07) is -0.702. The molecule has 0 bridgehead atoms. The molecule has 0 saturated heterocycles. The summed E-state index contributed by atoms with van der Waals surface area (Å²) in [5, 5.41) is 8.93.